The van der Waals surface area contributed by atoms with Crippen LogP contribution in [0.15, 0.2) is 82.3 Å². The van der Waals surface area contributed by atoms with E-state index in [-0.39, 0.29) is 17.0 Å². The molecule has 0 fully saturated rings. The zero-order valence-electron chi connectivity index (χ0n) is 21.0. The van der Waals surface area contributed by atoms with E-state index in [4.69, 9.17) is 9.68 Å². The Morgan fingerprint density at radius 1 is 1.13 bits per heavy atom. The quantitative estimate of drug-likeness (QED) is 0.291. The van der Waals surface area contributed by atoms with Crippen LogP contribution in [0.2, 0.25) is 0 Å². The number of nitrogens with one attached hydrogen (secondary N) is 1. The highest BCUT2D eigenvalue weighted by Gasteiger charge is 2.20. The first-order valence-electron chi connectivity index (χ1n) is 12.0. The number of nitrogens with zero attached hydrogens (tertiary/aromatic N) is 3. The number of carboxylic acid groups (broad SMARTS) is 1. The molecule has 38 heavy (non-hydrogen) atoms. The van der Waals surface area contributed by atoms with Gasteiger partial charge in [0.2, 0.25) is 0 Å². The molecule has 8 nitrogen and oxygen atoms in total. The van der Waals surface area contributed by atoms with Crippen molar-refractivity contribution in [2.75, 3.05) is 5.32 Å². The molecule has 0 amide bonds. The van der Waals surface area contributed by atoms with Crippen LogP contribution in [0.4, 0.5) is 5.69 Å². The van der Waals surface area contributed by atoms with E-state index in [2.05, 4.69) is 16.5 Å². The van der Waals surface area contributed by atoms with Gasteiger partial charge in [-0.1, -0.05) is 30.3 Å². The van der Waals surface area contributed by atoms with Gasteiger partial charge in [-0.05, 0) is 56.7 Å². The number of anilines is 1. The van der Waals surface area contributed by atoms with Gasteiger partial charge in [0.05, 0.1) is 34.4 Å². The molecule has 0 radical (unpaired) electrons. The van der Waals surface area contributed by atoms with Crippen molar-refractivity contribution in [1.82, 2.24) is 9.78 Å². The summed E-state index contributed by atoms with van der Waals surface area (Å²) in [5, 5.41) is 26.7. The average Bonchev–Trinajstić information content (AvgIpc) is 3.40. The van der Waals surface area contributed by atoms with Crippen LogP contribution in [0.1, 0.15) is 45.6 Å². The monoisotopic (exact) mass is 504 g/mol. The van der Waals surface area contributed by atoms with Crippen LogP contribution in [0.25, 0.3) is 28.0 Å². The first-order valence-corrected chi connectivity index (χ1v) is 12.0. The fourth-order valence-corrected chi connectivity index (χ4v) is 4.58. The van der Waals surface area contributed by atoms with Crippen molar-refractivity contribution >= 4 is 22.6 Å². The van der Waals surface area contributed by atoms with Crippen molar-refractivity contribution in [1.29, 1.82) is 5.26 Å². The number of hydrogen-bond donors (Lipinski definition) is 2. The third kappa shape index (κ3) is 4.42. The summed E-state index contributed by atoms with van der Waals surface area (Å²) >= 11 is 0. The third-order valence-corrected chi connectivity index (χ3v) is 6.47. The Balaban J connectivity index is 1.64. The number of fused-ring (bicyclic) bond motifs is 1. The highest BCUT2D eigenvalue weighted by molar-refractivity contribution is 5.94. The van der Waals surface area contributed by atoms with Crippen LogP contribution < -0.4 is 10.7 Å². The van der Waals surface area contributed by atoms with Gasteiger partial charge in [0.25, 0.3) is 0 Å². The molecular weight excluding hydrogens is 480 g/mol. The number of para-hydroxylation sites is 1. The first kappa shape index (κ1) is 24.5. The number of nitriles is 1. The van der Waals surface area contributed by atoms with Gasteiger partial charge in [-0.2, -0.15) is 10.4 Å². The molecule has 5 aromatic rings. The Bertz CT molecular complexity index is 1810. The first-order chi connectivity index (χ1) is 18.3. The number of aromatic carboxylic acids is 1. The minimum absolute atomic E-state index is 0.138. The molecule has 1 atom stereocenters. The number of hydrogen-bond acceptors (Lipinski definition) is 6. The van der Waals surface area contributed by atoms with Crippen LogP contribution >= 0.6 is 0 Å². The maximum atomic E-state index is 13.5. The standard InChI is InChI=1S/C30H24N4O4/c1-17-11-24(19(3)33-26-10-5-4-9-23(26)30(36)37)29-25(12-17)27(35)18(2)28(38-29)21-7-6-8-22(13-21)34-16-20(14-31)15-32-34/h4-13,15-16,19,33H,1-3H3,(H,36,37). The molecular formula is C30H24N4O4. The Morgan fingerprint density at radius 2 is 1.92 bits per heavy atom. The van der Waals surface area contributed by atoms with E-state index in [1.165, 1.54) is 6.20 Å². The lowest BCUT2D eigenvalue weighted by Gasteiger charge is -2.20. The number of rotatable bonds is 6. The summed E-state index contributed by atoms with van der Waals surface area (Å²) in [5.74, 6) is -0.599. The lowest BCUT2D eigenvalue weighted by molar-refractivity contribution is 0.0698. The molecule has 0 bridgehead atoms. The summed E-state index contributed by atoms with van der Waals surface area (Å²) < 4.78 is 8.06. The van der Waals surface area contributed by atoms with E-state index in [1.807, 2.05) is 50.2 Å². The van der Waals surface area contributed by atoms with Crippen LogP contribution in [0.3, 0.4) is 0 Å². The summed E-state index contributed by atoms with van der Waals surface area (Å²) in [5.41, 5.74) is 4.88. The van der Waals surface area contributed by atoms with Crippen molar-refractivity contribution < 1.29 is 14.3 Å². The normalized spacial score (nSPS) is 11.7. The predicted molar refractivity (Wildman–Crippen MR) is 145 cm³/mol. The van der Waals surface area contributed by atoms with Gasteiger partial charge in [-0.15, -0.1) is 0 Å². The Labute approximate surface area is 218 Å². The van der Waals surface area contributed by atoms with Crippen LogP contribution in [-0.4, -0.2) is 20.9 Å². The zero-order chi connectivity index (χ0) is 27.0. The highest BCUT2D eigenvalue weighted by Crippen LogP contribution is 2.33. The lowest BCUT2D eigenvalue weighted by Crippen LogP contribution is -2.14. The minimum atomic E-state index is -1.03. The second-order valence-electron chi connectivity index (χ2n) is 9.17. The van der Waals surface area contributed by atoms with Crippen LogP contribution in [-0.2, 0) is 0 Å². The molecule has 0 aliphatic heterocycles. The van der Waals surface area contributed by atoms with Gasteiger partial charge in [-0.25, -0.2) is 9.48 Å². The lowest BCUT2D eigenvalue weighted by atomic mass is 9.98. The van der Waals surface area contributed by atoms with Gasteiger partial charge in [0, 0.05) is 28.6 Å². The van der Waals surface area contributed by atoms with Crippen LogP contribution in [0.5, 0.6) is 0 Å². The second-order valence-corrected chi connectivity index (χ2v) is 9.17. The molecule has 1 unspecified atom stereocenters. The number of carboxylic acids is 1. The maximum Gasteiger partial charge on any atom is 0.337 e. The summed E-state index contributed by atoms with van der Waals surface area (Å²) in [6, 6.07) is 19.5. The Morgan fingerprint density at radius 3 is 2.66 bits per heavy atom. The fraction of sp³-hybridized carbons (Fsp3) is 0.133. The summed E-state index contributed by atoms with van der Waals surface area (Å²) in [7, 11) is 0. The molecule has 2 heterocycles. The third-order valence-electron chi connectivity index (χ3n) is 6.47. The van der Waals surface area contributed by atoms with Gasteiger partial charge in [0.15, 0.2) is 5.43 Å². The van der Waals surface area contributed by atoms with Crippen molar-refractivity contribution in [3.63, 3.8) is 0 Å². The Kier molecular flexibility index (Phi) is 6.27. The molecule has 8 heteroatoms. The largest absolute Gasteiger partial charge is 0.478 e. The average molecular weight is 505 g/mol. The molecule has 0 spiro atoms. The molecule has 0 aliphatic carbocycles. The van der Waals surface area contributed by atoms with Gasteiger partial charge in [0.1, 0.15) is 17.4 Å². The van der Waals surface area contributed by atoms with Gasteiger partial charge < -0.3 is 14.8 Å². The molecule has 2 N–H and O–H groups in total. The van der Waals surface area contributed by atoms with E-state index in [0.717, 1.165) is 16.8 Å². The summed E-state index contributed by atoms with van der Waals surface area (Å²) in [4.78, 5) is 25.3. The van der Waals surface area contributed by atoms with Crippen molar-refractivity contribution in [3.8, 4) is 23.1 Å². The topological polar surface area (TPSA) is 121 Å². The molecule has 0 aliphatic rings. The number of aromatic nitrogens is 2. The van der Waals surface area contributed by atoms with E-state index < -0.39 is 5.97 Å². The summed E-state index contributed by atoms with van der Waals surface area (Å²) in [6.07, 6.45) is 3.12. The zero-order valence-corrected chi connectivity index (χ0v) is 21.0. The van der Waals surface area contributed by atoms with Crippen molar-refractivity contribution in [2.24, 2.45) is 0 Å². The maximum absolute atomic E-state index is 13.5. The SMILES string of the molecule is Cc1cc(C(C)Nc2ccccc2C(=O)O)c2oc(-c3cccc(-n4cc(C#N)cn4)c3)c(C)c(=O)c2c1. The molecule has 2 aromatic heterocycles. The number of benzene rings is 3. The molecule has 0 saturated heterocycles. The predicted octanol–water partition coefficient (Wildman–Crippen LogP) is 6.01. The van der Waals surface area contributed by atoms with E-state index in [9.17, 15) is 14.7 Å². The van der Waals surface area contributed by atoms with E-state index in [0.29, 0.717) is 39.1 Å². The molecule has 188 valence electrons. The smallest absolute Gasteiger partial charge is 0.337 e. The van der Waals surface area contributed by atoms with Crippen LogP contribution in [0, 0.1) is 25.2 Å². The minimum Gasteiger partial charge on any atom is -0.478 e. The molecule has 3 aromatic carbocycles. The highest BCUT2D eigenvalue weighted by atomic mass is 16.4. The van der Waals surface area contributed by atoms with E-state index >= 15 is 0 Å². The number of aryl methyl sites for hydroxylation is 1. The number of carbonyl (C=O) groups is 1. The van der Waals surface area contributed by atoms with Gasteiger partial charge in [-0.3, -0.25) is 4.79 Å². The van der Waals surface area contributed by atoms with Crippen molar-refractivity contribution in [3.05, 3.63) is 111 Å². The van der Waals surface area contributed by atoms with Gasteiger partial charge >= 0.3 is 5.97 Å². The molecule has 5 rings (SSSR count). The van der Waals surface area contributed by atoms with E-state index in [1.54, 1.807) is 42.1 Å². The second kappa shape index (κ2) is 9.71. The fourth-order valence-electron chi connectivity index (χ4n) is 4.58. The Hall–Kier alpha value is -5.16. The summed E-state index contributed by atoms with van der Waals surface area (Å²) in [6.45, 7) is 5.55. The molecule has 0 saturated carbocycles. The van der Waals surface area contributed by atoms with Crippen molar-refractivity contribution in [2.45, 2.75) is 26.8 Å².